The fourth-order valence-corrected chi connectivity index (χ4v) is 2.73. The van der Waals surface area contributed by atoms with Crippen molar-refractivity contribution in [2.75, 3.05) is 12.1 Å². The van der Waals surface area contributed by atoms with Gasteiger partial charge in [-0.25, -0.2) is 14.4 Å². The molecule has 0 radical (unpaired) electrons. The van der Waals surface area contributed by atoms with Crippen LogP contribution in [0.25, 0.3) is 0 Å². The number of carbonyl (C=O) groups excluding carboxylic acids is 3. The van der Waals surface area contributed by atoms with Crippen LogP contribution in [0, 0.1) is 5.92 Å². The van der Waals surface area contributed by atoms with Crippen molar-refractivity contribution < 1.29 is 51.3 Å². The number of aromatic nitrogens is 2. The number of nitrogens with zero attached hydrogens (tertiary/aromatic N) is 2. The van der Waals surface area contributed by atoms with E-state index in [0.29, 0.717) is 0 Å². The summed E-state index contributed by atoms with van der Waals surface area (Å²) in [7, 11) is 0. The van der Waals surface area contributed by atoms with Gasteiger partial charge in [-0.1, -0.05) is 13.8 Å². The minimum atomic E-state index is -5.24. The second-order valence-corrected chi connectivity index (χ2v) is 6.76. The van der Waals surface area contributed by atoms with E-state index in [0.717, 1.165) is 16.8 Å². The topological polar surface area (TPSA) is 144 Å². The smallest absolute Gasteiger partial charge is 0.463 e. The first-order valence-electron chi connectivity index (χ1n) is 8.80. The van der Waals surface area contributed by atoms with Crippen LogP contribution >= 0.6 is 0 Å². The number of hydrogen-bond donors (Lipinski definition) is 1. The normalized spacial score (nSPS) is 24.9. The highest BCUT2D eigenvalue weighted by Crippen LogP contribution is 2.37. The number of rotatable bonds is 6. The predicted molar refractivity (Wildman–Crippen MR) is 89.1 cm³/mol. The first-order valence-corrected chi connectivity index (χ1v) is 8.80. The Morgan fingerprint density at radius 3 is 2.55 bits per heavy atom. The van der Waals surface area contributed by atoms with Gasteiger partial charge < -0.3 is 23.8 Å². The van der Waals surface area contributed by atoms with Crippen LogP contribution in [0.15, 0.2) is 17.1 Å². The van der Waals surface area contributed by atoms with Gasteiger partial charge in [0, 0.05) is 12.3 Å². The van der Waals surface area contributed by atoms with Gasteiger partial charge in [-0.05, 0) is 0 Å². The maximum Gasteiger partial charge on any atom is 0.509 e. The van der Waals surface area contributed by atoms with Crippen molar-refractivity contribution in [3.05, 3.63) is 22.7 Å². The molecule has 3 rings (SSSR count). The Bertz CT molecular complexity index is 933. The number of ether oxygens (including phenoxy) is 4. The molecule has 0 saturated carbocycles. The van der Waals surface area contributed by atoms with Crippen molar-refractivity contribution >= 4 is 23.9 Å². The molecule has 1 aromatic rings. The molecule has 0 amide bonds. The van der Waals surface area contributed by atoms with E-state index >= 15 is 0 Å². The molecule has 2 aliphatic heterocycles. The minimum Gasteiger partial charge on any atom is -0.463 e. The molecule has 4 atom stereocenters. The highest BCUT2D eigenvalue weighted by molar-refractivity contribution is 5.76. The molecule has 170 valence electrons. The van der Waals surface area contributed by atoms with Gasteiger partial charge in [0.25, 0.3) is 0 Å². The minimum absolute atomic E-state index is 0.277. The number of fused-ring (bicyclic) bond motifs is 1. The van der Waals surface area contributed by atoms with E-state index in [4.69, 9.17) is 18.9 Å². The van der Waals surface area contributed by atoms with Crippen LogP contribution in [-0.2, 0) is 33.4 Å². The van der Waals surface area contributed by atoms with Crippen molar-refractivity contribution in [3.8, 4) is 0 Å². The van der Waals surface area contributed by atoms with Crippen molar-refractivity contribution in [3.63, 3.8) is 0 Å². The third-order valence-corrected chi connectivity index (χ3v) is 4.20. The summed E-state index contributed by atoms with van der Waals surface area (Å²) in [5.74, 6) is -3.95. The molecule has 0 unspecified atom stereocenters. The second kappa shape index (κ2) is 8.41. The lowest BCUT2D eigenvalue weighted by Gasteiger charge is -2.18. The number of anilines is 1. The molecule has 2 saturated heterocycles. The molecule has 0 aromatic carbocycles. The molecule has 31 heavy (non-hydrogen) atoms. The lowest BCUT2D eigenvalue weighted by atomic mass is 10.1. The molecule has 2 aliphatic rings. The fraction of sp³-hybridized carbons (Fsp3) is 0.562. The van der Waals surface area contributed by atoms with E-state index in [1.807, 2.05) is 0 Å². The van der Waals surface area contributed by atoms with Crippen molar-refractivity contribution in [2.24, 2.45) is 5.92 Å². The molecular weight excluding hydrogens is 435 g/mol. The van der Waals surface area contributed by atoms with Gasteiger partial charge in [0.1, 0.15) is 12.7 Å². The zero-order valence-electron chi connectivity index (χ0n) is 16.0. The van der Waals surface area contributed by atoms with Crippen molar-refractivity contribution in [2.45, 2.75) is 44.6 Å². The lowest BCUT2D eigenvalue weighted by Crippen LogP contribution is -2.35. The molecule has 15 heteroatoms. The Morgan fingerprint density at radius 2 is 1.94 bits per heavy atom. The maximum absolute atomic E-state index is 12.3. The van der Waals surface area contributed by atoms with E-state index in [1.54, 1.807) is 19.3 Å². The molecule has 3 heterocycles. The maximum atomic E-state index is 12.3. The Morgan fingerprint density at radius 1 is 1.26 bits per heavy atom. The molecule has 0 bridgehead atoms. The third-order valence-electron chi connectivity index (χ3n) is 4.20. The third kappa shape index (κ3) is 4.87. The molecular formula is C16H16F3N3O9. The van der Waals surface area contributed by atoms with Gasteiger partial charge in [0.05, 0.1) is 5.92 Å². The summed E-state index contributed by atoms with van der Waals surface area (Å²) < 4.78 is 58.1. The summed E-state index contributed by atoms with van der Waals surface area (Å²) in [6.07, 6.45) is -9.40. The van der Waals surface area contributed by atoms with Gasteiger partial charge in [0.15, 0.2) is 24.3 Å². The van der Waals surface area contributed by atoms with Gasteiger partial charge in [-0.2, -0.15) is 23.6 Å². The number of carbonyl (C=O) groups is 3. The number of hydrogen-bond acceptors (Lipinski definition) is 11. The van der Waals surface area contributed by atoms with Gasteiger partial charge in [-0.15, -0.1) is 0 Å². The summed E-state index contributed by atoms with van der Waals surface area (Å²) in [6.45, 7) is 2.96. The zero-order valence-corrected chi connectivity index (χ0v) is 16.0. The van der Waals surface area contributed by atoms with Crippen LogP contribution in [0.4, 0.5) is 23.8 Å². The molecule has 0 aliphatic carbocycles. The highest BCUT2D eigenvalue weighted by Gasteiger charge is 2.55. The second-order valence-electron chi connectivity index (χ2n) is 6.76. The van der Waals surface area contributed by atoms with Crippen LogP contribution in [0.1, 0.15) is 20.1 Å². The van der Waals surface area contributed by atoms with E-state index in [2.05, 4.69) is 9.82 Å². The molecule has 2 fully saturated rings. The van der Waals surface area contributed by atoms with Gasteiger partial charge >= 0.3 is 30.0 Å². The first kappa shape index (κ1) is 22.3. The first-order chi connectivity index (χ1) is 14.5. The average molecular weight is 451 g/mol. The standard InChI is InChI=1S/C16H16F3N3O9/c1-6(2)12(23)27-5-7-9-10(30-15(26)29-9)11(28-7)22-4-3-8(20-14(22)25)21-31-13(24)16(17,18)19/h3-4,6-7,9-11H,5H2,1-2H3,(H,20,21,25)/t7-,9-,10-,11-/m1/s1. The van der Waals surface area contributed by atoms with E-state index < -0.39 is 66.2 Å². The highest BCUT2D eigenvalue weighted by atomic mass is 19.4. The molecule has 12 nitrogen and oxygen atoms in total. The monoisotopic (exact) mass is 451 g/mol. The average Bonchev–Trinajstić information content (AvgIpc) is 3.21. The summed E-state index contributed by atoms with van der Waals surface area (Å²) in [4.78, 5) is 53.4. The predicted octanol–water partition coefficient (Wildman–Crippen LogP) is 0.676. The molecule has 0 spiro atoms. The Hall–Kier alpha value is -3.36. The molecule has 1 aromatic heterocycles. The SMILES string of the molecule is CC(C)C(=O)OC[C@H]1O[C@@H](n2ccc(NOC(=O)C(F)(F)F)nc2=O)[C@@H]2OC(=O)O[C@@H]21. The Balaban J connectivity index is 1.72. The van der Waals surface area contributed by atoms with Gasteiger partial charge in [0.2, 0.25) is 0 Å². The largest absolute Gasteiger partial charge is 0.509 e. The van der Waals surface area contributed by atoms with Crippen LogP contribution in [-0.4, -0.2) is 58.7 Å². The van der Waals surface area contributed by atoms with E-state index in [9.17, 15) is 32.3 Å². The lowest BCUT2D eigenvalue weighted by molar-refractivity contribution is -0.196. The van der Waals surface area contributed by atoms with Crippen LogP contribution in [0.2, 0.25) is 0 Å². The van der Waals surface area contributed by atoms with Crippen LogP contribution in [0.3, 0.4) is 0 Å². The number of nitrogens with one attached hydrogen (secondary N) is 1. The Kier molecular flexibility index (Phi) is 6.06. The van der Waals surface area contributed by atoms with Crippen LogP contribution in [0.5, 0.6) is 0 Å². The number of esters is 1. The van der Waals surface area contributed by atoms with Crippen molar-refractivity contribution in [1.29, 1.82) is 0 Å². The summed E-state index contributed by atoms with van der Waals surface area (Å²) in [5, 5.41) is 0. The van der Waals surface area contributed by atoms with Crippen LogP contribution < -0.4 is 11.2 Å². The number of halogens is 3. The molecule has 1 N–H and O–H groups in total. The Labute approximate surface area is 171 Å². The van der Waals surface area contributed by atoms with E-state index in [1.165, 1.54) is 0 Å². The quantitative estimate of drug-likeness (QED) is 0.370. The van der Waals surface area contributed by atoms with Gasteiger partial charge in [-0.3, -0.25) is 9.36 Å². The fourth-order valence-electron chi connectivity index (χ4n) is 2.73. The van der Waals surface area contributed by atoms with Crippen molar-refractivity contribution in [1.82, 2.24) is 9.55 Å². The zero-order chi connectivity index (χ0) is 22.9. The summed E-state index contributed by atoms with van der Waals surface area (Å²) >= 11 is 0. The number of alkyl halides is 3. The summed E-state index contributed by atoms with van der Waals surface area (Å²) in [5.41, 5.74) is 0.585. The van der Waals surface area contributed by atoms with E-state index in [-0.39, 0.29) is 6.61 Å². The summed E-state index contributed by atoms with van der Waals surface area (Å²) in [6, 6.07) is 1.02.